The number of rotatable bonds is 2. The number of nitrogens with zero attached hydrogens (tertiary/aromatic N) is 3. The summed E-state index contributed by atoms with van der Waals surface area (Å²) in [5, 5.41) is 13.8. The third-order valence-electron chi connectivity index (χ3n) is 4.20. The van der Waals surface area contributed by atoms with Gasteiger partial charge in [0.1, 0.15) is 5.82 Å². The standard InChI is InChI=1S/C15H14N4O5/c1-17-13-12(14(21)18(2)15(17)22)9(7-11(20)16-13)8-5-3-4-6-10(8)19(23)24/h3-6,9H,7H2,1-2H3,(H,16,20)/t9-/m1/s1. The Balaban J connectivity index is 2.36. The van der Waals surface area contributed by atoms with Crippen LogP contribution in [0.2, 0.25) is 0 Å². The lowest BCUT2D eigenvalue weighted by atomic mass is 9.85. The normalized spacial score (nSPS) is 16.4. The Kier molecular flexibility index (Phi) is 3.55. The molecule has 1 aliphatic rings. The van der Waals surface area contributed by atoms with Gasteiger partial charge in [-0.2, -0.15) is 0 Å². The van der Waals surface area contributed by atoms with E-state index in [4.69, 9.17) is 0 Å². The number of nitro benzene ring substituents is 1. The Morgan fingerprint density at radius 3 is 2.50 bits per heavy atom. The highest BCUT2D eigenvalue weighted by Crippen LogP contribution is 2.38. The van der Waals surface area contributed by atoms with Crippen molar-refractivity contribution in [3.8, 4) is 0 Å². The van der Waals surface area contributed by atoms with Crippen LogP contribution >= 0.6 is 0 Å². The maximum atomic E-state index is 12.6. The molecule has 0 fully saturated rings. The molecule has 1 aromatic heterocycles. The van der Waals surface area contributed by atoms with Crippen LogP contribution in [-0.2, 0) is 18.9 Å². The molecule has 0 bridgehead atoms. The van der Waals surface area contributed by atoms with Crippen molar-refractivity contribution in [1.29, 1.82) is 0 Å². The summed E-state index contributed by atoms with van der Waals surface area (Å²) in [6, 6.07) is 5.98. The number of hydrogen-bond donors (Lipinski definition) is 1. The smallest absolute Gasteiger partial charge is 0.312 e. The summed E-state index contributed by atoms with van der Waals surface area (Å²) >= 11 is 0. The van der Waals surface area contributed by atoms with Crippen LogP contribution in [-0.4, -0.2) is 20.0 Å². The quantitative estimate of drug-likeness (QED) is 0.634. The van der Waals surface area contributed by atoms with E-state index < -0.39 is 28.0 Å². The van der Waals surface area contributed by atoms with Crippen LogP contribution in [0.15, 0.2) is 33.9 Å². The number of fused-ring (bicyclic) bond motifs is 1. The van der Waals surface area contributed by atoms with Crippen molar-refractivity contribution >= 4 is 17.4 Å². The van der Waals surface area contributed by atoms with Crippen molar-refractivity contribution in [1.82, 2.24) is 9.13 Å². The molecule has 0 saturated heterocycles. The summed E-state index contributed by atoms with van der Waals surface area (Å²) in [6.07, 6.45) is -0.106. The molecule has 0 saturated carbocycles. The Bertz CT molecular complexity index is 988. The maximum absolute atomic E-state index is 12.6. The first kappa shape index (κ1) is 15.7. The summed E-state index contributed by atoms with van der Waals surface area (Å²) in [5.74, 6) is -1.11. The van der Waals surface area contributed by atoms with Crippen LogP contribution in [0.4, 0.5) is 11.5 Å². The van der Waals surface area contributed by atoms with Gasteiger partial charge in [-0.15, -0.1) is 0 Å². The SMILES string of the molecule is Cn1c2c(c(=O)n(C)c1=O)[C@@H](c1ccccc1[N+](=O)[O-])CC(=O)N2. The zero-order valence-electron chi connectivity index (χ0n) is 13.0. The van der Waals surface area contributed by atoms with Gasteiger partial charge in [-0.25, -0.2) is 4.79 Å². The van der Waals surface area contributed by atoms with Crippen LogP contribution in [0.25, 0.3) is 0 Å². The van der Waals surface area contributed by atoms with Crippen molar-refractivity contribution in [2.75, 3.05) is 5.32 Å². The Labute approximate surface area is 135 Å². The number of aromatic nitrogens is 2. The summed E-state index contributed by atoms with van der Waals surface area (Å²) in [5.41, 5.74) is -0.875. The first-order chi connectivity index (χ1) is 11.3. The van der Waals surface area contributed by atoms with E-state index in [1.807, 2.05) is 0 Å². The topological polar surface area (TPSA) is 116 Å². The molecule has 124 valence electrons. The number of carbonyl (C=O) groups is 1. The Morgan fingerprint density at radius 1 is 1.17 bits per heavy atom. The molecule has 3 rings (SSSR count). The van der Waals surface area contributed by atoms with Gasteiger partial charge in [0, 0.05) is 38.1 Å². The van der Waals surface area contributed by atoms with E-state index in [-0.39, 0.29) is 29.1 Å². The lowest BCUT2D eigenvalue weighted by molar-refractivity contribution is -0.385. The molecule has 0 radical (unpaired) electrons. The van der Waals surface area contributed by atoms with Gasteiger partial charge >= 0.3 is 5.69 Å². The minimum Gasteiger partial charge on any atom is -0.312 e. The molecule has 0 aliphatic carbocycles. The molecule has 1 amide bonds. The number of amides is 1. The molecule has 2 heterocycles. The summed E-state index contributed by atoms with van der Waals surface area (Å²) in [7, 11) is 2.76. The Morgan fingerprint density at radius 2 is 1.83 bits per heavy atom. The lowest BCUT2D eigenvalue weighted by Gasteiger charge is -2.26. The molecule has 1 aromatic carbocycles. The summed E-state index contributed by atoms with van der Waals surface area (Å²) < 4.78 is 2.09. The third-order valence-corrected chi connectivity index (χ3v) is 4.20. The predicted molar refractivity (Wildman–Crippen MR) is 85.1 cm³/mol. The average Bonchev–Trinajstić information content (AvgIpc) is 2.57. The maximum Gasteiger partial charge on any atom is 0.332 e. The molecular weight excluding hydrogens is 316 g/mol. The molecule has 9 heteroatoms. The lowest BCUT2D eigenvalue weighted by Crippen LogP contribution is -2.44. The van der Waals surface area contributed by atoms with E-state index in [0.717, 1.165) is 9.13 Å². The minimum absolute atomic E-state index is 0.0856. The van der Waals surface area contributed by atoms with Gasteiger partial charge in [0.2, 0.25) is 5.91 Å². The van der Waals surface area contributed by atoms with Crippen LogP contribution in [0.1, 0.15) is 23.5 Å². The molecular formula is C15H14N4O5. The van der Waals surface area contributed by atoms with Crippen molar-refractivity contribution in [2.45, 2.75) is 12.3 Å². The van der Waals surface area contributed by atoms with E-state index in [2.05, 4.69) is 5.32 Å². The van der Waals surface area contributed by atoms with Gasteiger partial charge in [-0.1, -0.05) is 18.2 Å². The van der Waals surface area contributed by atoms with Gasteiger partial charge in [0.15, 0.2) is 0 Å². The third kappa shape index (κ3) is 2.21. The van der Waals surface area contributed by atoms with Gasteiger partial charge < -0.3 is 5.32 Å². The van der Waals surface area contributed by atoms with Crippen LogP contribution in [0, 0.1) is 10.1 Å². The van der Waals surface area contributed by atoms with E-state index >= 15 is 0 Å². The number of nitro groups is 1. The highest BCUT2D eigenvalue weighted by molar-refractivity contribution is 5.94. The fraction of sp³-hybridized carbons (Fsp3) is 0.267. The number of hydrogen-bond acceptors (Lipinski definition) is 5. The van der Waals surface area contributed by atoms with Gasteiger partial charge in [0.25, 0.3) is 11.2 Å². The van der Waals surface area contributed by atoms with Crippen molar-refractivity contribution in [3.05, 3.63) is 66.3 Å². The van der Waals surface area contributed by atoms with Crippen LogP contribution < -0.4 is 16.6 Å². The zero-order valence-corrected chi connectivity index (χ0v) is 13.0. The fourth-order valence-corrected chi connectivity index (χ4v) is 3.02. The van der Waals surface area contributed by atoms with Crippen LogP contribution in [0.3, 0.4) is 0 Å². The number of benzene rings is 1. The van der Waals surface area contributed by atoms with Crippen molar-refractivity contribution < 1.29 is 9.72 Å². The molecule has 24 heavy (non-hydrogen) atoms. The van der Waals surface area contributed by atoms with Crippen LogP contribution in [0.5, 0.6) is 0 Å². The van der Waals surface area contributed by atoms with E-state index in [1.165, 1.54) is 32.3 Å². The van der Waals surface area contributed by atoms with Gasteiger partial charge in [0.05, 0.1) is 10.5 Å². The second kappa shape index (κ2) is 5.44. The average molecular weight is 330 g/mol. The molecule has 2 aromatic rings. The monoisotopic (exact) mass is 330 g/mol. The van der Waals surface area contributed by atoms with Gasteiger partial charge in [-0.05, 0) is 0 Å². The highest BCUT2D eigenvalue weighted by Gasteiger charge is 2.35. The van der Waals surface area contributed by atoms with Crippen molar-refractivity contribution in [2.24, 2.45) is 14.1 Å². The minimum atomic E-state index is -0.791. The summed E-state index contributed by atoms with van der Waals surface area (Å²) in [6.45, 7) is 0. The summed E-state index contributed by atoms with van der Waals surface area (Å²) in [4.78, 5) is 47.4. The first-order valence-corrected chi connectivity index (χ1v) is 7.16. The van der Waals surface area contributed by atoms with E-state index in [9.17, 15) is 24.5 Å². The van der Waals surface area contributed by atoms with Gasteiger partial charge in [-0.3, -0.25) is 28.8 Å². The van der Waals surface area contributed by atoms with E-state index in [1.54, 1.807) is 6.07 Å². The fourth-order valence-electron chi connectivity index (χ4n) is 3.02. The second-order valence-electron chi connectivity index (χ2n) is 5.59. The zero-order chi connectivity index (χ0) is 17.6. The molecule has 9 nitrogen and oxygen atoms in total. The Hall–Kier alpha value is -3.23. The molecule has 1 aliphatic heterocycles. The number of nitrogens with one attached hydrogen (secondary N) is 1. The largest absolute Gasteiger partial charge is 0.332 e. The predicted octanol–water partition coefficient (Wildman–Crippen LogP) is 0.466. The molecule has 0 spiro atoms. The molecule has 1 N–H and O–H groups in total. The van der Waals surface area contributed by atoms with E-state index in [0.29, 0.717) is 0 Å². The second-order valence-corrected chi connectivity index (χ2v) is 5.59. The van der Waals surface area contributed by atoms with Crippen molar-refractivity contribution in [3.63, 3.8) is 0 Å². The first-order valence-electron chi connectivity index (χ1n) is 7.16. The highest BCUT2D eigenvalue weighted by atomic mass is 16.6. The number of carbonyl (C=O) groups excluding carboxylic acids is 1. The number of anilines is 1. The molecule has 0 unspecified atom stereocenters. The number of para-hydroxylation sites is 1. The molecule has 1 atom stereocenters.